The third-order valence-electron chi connectivity index (χ3n) is 4.12. The summed E-state index contributed by atoms with van der Waals surface area (Å²) in [5.74, 6) is 1.53. The molecule has 0 saturated carbocycles. The van der Waals surface area contributed by atoms with Crippen LogP contribution in [0, 0.1) is 0 Å². The molecule has 0 atom stereocenters. The molecule has 0 spiro atoms. The van der Waals surface area contributed by atoms with Gasteiger partial charge in [-0.05, 0) is 43.3 Å². The number of nitrogens with one attached hydrogen (secondary N) is 2. The third kappa shape index (κ3) is 4.73. The van der Waals surface area contributed by atoms with Gasteiger partial charge in [-0.1, -0.05) is 6.07 Å². The van der Waals surface area contributed by atoms with Gasteiger partial charge < -0.3 is 14.2 Å². The summed E-state index contributed by atoms with van der Waals surface area (Å²) < 4.78 is 16.0. The number of benzene rings is 2. The van der Waals surface area contributed by atoms with Gasteiger partial charge in [0.05, 0.1) is 38.9 Å². The Labute approximate surface area is 168 Å². The molecule has 8 nitrogen and oxygen atoms in total. The van der Waals surface area contributed by atoms with E-state index in [1.807, 2.05) is 25.1 Å². The molecule has 1 aromatic heterocycles. The van der Waals surface area contributed by atoms with Crippen LogP contribution < -0.4 is 19.6 Å². The van der Waals surface area contributed by atoms with Crippen molar-refractivity contribution in [3.8, 4) is 28.5 Å². The van der Waals surface area contributed by atoms with E-state index in [0.717, 1.165) is 11.3 Å². The SMILES string of the molecule is CCOc1cccc(C(=O)NN=Cc2cn[nH]c2-c2ccc(OC)c(OC)c2)c1. The van der Waals surface area contributed by atoms with Crippen LogP contribution in [0.4, 0.5) is 0 Å². The van der Waals surface area contributed by atoms with Gasteiger partial charge in [0.25, 0.3) is 5.91 Å². The lowest BCUT2D eigenvalue weighted by atomic mass is 10.1. The predicted molar refractivity (Wildman–Crippen MR) is 110 cm³/mol. The molecule has 3 rings (SSSR count). The number of aromatic amines is 1. The Morgan fingerprint density at radius 2 is 2.00 bits per heavy atom. The van der Waals surface area contributed by atoms with Crippen molar-refractivity contribution >= 4 is 12.1 Å². The number of ether oxygens (including phenoxy) is 3. The molecular weight excluding hydrogens is 372 g/mol. The van der Waals surface area contributed by atoms with Crippen molar-refractivity contribution in [1.29, 1.82) is 0 Å². The van der Waals surface area contributed by atoms with Crippen molar-refractivity contribution < 1.29 is 19.0 Å². The second kappa shape index (κ2) is 9.41. The lowest BCUT2D eigenvalue weighted by Gasteiger charge is -2.09. The van der Waals surface area contributed by atoms with Crippen LogP contribution in [-0.4, -0.2) is 43.1 Å². The molecule has 0 unspecified atom stereocenters. The summed E-state index contributed by atoms with van der Waals surface area (Å²) >= 11 is 0. The maximum absolute atomic E-state index is 12.3. The summed E-state index contributed by atoms with van der Waals surface area (Å²) in [6.45, 7) is 2.42. The highest BCUT2D eigenvalue weighted by molar-refractivity contribution is 5.96. The number of hydrazone groups is 1. The molecule has 0 saturated heterocycles. The van der Waals surface area contributed by atoms with Crippen molar-refractivity contribution in [3.05, 3.63) is 59.8 Å². The van der Waals surface area contributed by atoms with Gasteiger partial charge >= 0.3 is 0 Å². The van der Waals surface area contributed by atoms with Crippen molar-refractivity contribution in [2.75, 3.05) is 20.8 Å². The first-order valence-corrected chi connectivity index (χ1v) is 8.98. The number of aromatic nitrogens is 2. The lowest BCUT2D eigenvalue weighted by molar-refractivity contribution is 0.0954. The number of hydrogen-bond donors (Lipinski definition) is 2. The minimum absolute atomic E-state index is 0.334. The summed E-state index contributed by atoms with van der Waals surface area (Å²) in [6, 6.07) is 12.4. The van der Waals surface area contributed by atoms with Crippen LogP contribution in [0.15, 0.2) is 53.8 Å². The van der Waals surface area contributed by atoms with Crippen molar-refractivity contribution in [3.63, 3.8) is 0 Å². The minimum Gasteiger partial charge on any atom is -0.494 e. The zero-order valence-electron chi connectivity index (χ0n) is 16.4. The molecule has 2 N–H and O–H groups in total. The van der Waals surface area contributed by atoms with E-state index in [4.69, 9.17) is 14.2 Å². The molecule has 150 valence electrons. The normalized spacial score (nSPS) is 10.7. The largest absolute Gasteiger partial charge is 0.494 e. The fourth-order valence-corrected chi connectivity index (χ4v) is 2.74. The van der Waals surface area contributed by atoms with E-state index >= 15 is 0 Å². The monoisotopic (exact) mass is 394 g/mol. The summed E-state index contributed by atoms with van der Waals surface area (Å²) in [7, 11) is 3.16. The Hall–Kier alpha value is -3.81. The zero-order valence-corrected chi connectivity index (χ0v) is 16.4. The van der Waals surface area contributed by atoms with Gasteiger partial charge in [0.2, 0.25) is 0 Å². The molecular formula is C21H22N4O4. The highest BCUT2D eigenvalue weighted by Gasteiger charge is 2.11. The number of amides is 1. The van der Waals surface area contributed by atoms with Crippen molar-refractivity contribution in [2.24, 2.45) is 5.10 Å². The maximum atomic E-state index is 12.3. The summed E-state index contributed by atoms with van der Waals surface area (Å²) in [5, 5.41) is 11.0. The molecule has 2 aromatic carbocycles. The van der Waals surface area contributed by atoms with Gasteiger partial charge in [-0.25, -0.2) is 5.43 Å². The molecule has 0 bridgehead atoms. The maximum Gasteiger partial charge on any atom is 0.271 e. The van der Waals surface area contributed by atoms with Crippen molar-refractivity contribution in [2.45, 2.75) is 6.92 Å². The van der Waals surface area contributed by atoms with E-state index in [-0.39, 0.29) is 5.91 Å². The first kappa shape index (κ1) is 19.9. The quantitative estimate of drug-likeness (QED) is 0.451. The molecule has 0 radical (unpaired) electrons. The Kier molecular flexibility index (Phi) is 6.47. The number of methoxy groups -OCH3 is 2. The van der Waals surface area contributed by atoms with Crippen LogP contribution in [-0.2, 0) is 0 Å². The first-order valence-electron chi connectivity index (χ1n) is 8.98. The lowest BCUT2D eigenvalue weighted by Crippen LogP contribution is -2.17. The first-order chi connectivity index (χ1) is 14.2. The Morgan fingerprint density at radius 1 is 1.17 bits per heavy atom. The van der Waals surface area contributed by atoms with Gasteiger partial charge in [-0.2, -0.15) is 10.2 Å². The second-order valence-corrected chi connectivity index (χ2v) is 5.93. The van der Waals surface area contributed by atoms with Crippen LogP contribution in [0.25, 0.3) is 11.3 Å². The van der Waals surface area contributed by atoms with Crippen LogP contribution in [0.3, 0.4) is 0 Å². The number of H-pyrrole nitrogens is 1. The van der Waals surface area contributed by atoms with E-state index in [1.165, 1.54) is 6.21 Å². The number of rotatable bonds is 8. The molecule has 8 heteroatoms. The van der Waals surface area contributed by atoms with Gasteiger partial charge in [0.1, 0.15) is 5.75 Å². The van der Waals surface area contributed by atoms with E-state index < -0.39 is 0 Å². The number of carbonyl (C=O) groups excluding carboxylic acids is 1. The molecule has 3 aromatic rings. The van der Waals surface area contributed by atoms with E-state index in [9.17, 15) is 4.79 Å². The van der Waals surface area contributed by atoms with Crippen LogP contribution in [0.5, 0.6) is 17.2 Å². The smallest absolute Gasteiger partial charge is 0.271 e. The highest BCUT2D eigenvalue weighted by atomic mass is 16.5. The standard InChI is InChI=1S/C21H22N4O4/c1-4-29-17-7-5-6-15(10-17)21(26)25-23-13-16-12-22-24-20(16)14-8-9-18(27-2)19(11-14)28-3/h5-13H,4H2,1-3H3,(H,22,24)(H,25,26). The zero-order chi connectivity index (χ0) is 20.6. The number of hydrogen-bond acceptors (Lipinski definition) is 6. The molecule has 1 heterocycles. The van der Waals surface area contributed by atoms with Gasteiger partial charge in [0.15, 0.2) is 11.5 Å². The summed E-state index contributed by atoms with van der Waals surface area (Å²) in [6.07, 6.45) is 3.15. The van der Waals surface area contributed by atoms with E-state index in [1.54, 1.807) is 44.7 Å². The molecule has 0 aliphatic heterocycles. The average molecular weight is 394 g/mol. The van der Waals surface area contributed by atoms with Crippen molar-refractivity contribution in [1.82, 2.24) is 15.6 Å². The molecule has 0 fully saturated rings. The molecule has 29 heavy (non-hydrogen) atoms. The average Bonchev–Trinajstić information content (AvgIpc) is 3.22. The van der Waals surface area contributed by atoms with E-state index in [0.29, 0.717) is 35.0 Å². The second-order valence-electron chi connectivity index (χ2n) is 5.93. The summed E-state index contributed by atoms with van der Waals surface area (Å²) in [5.41, 5.74) is 5.27. The predicted octanol–water partition coefficient (Wildman–Crippen LogP) is 3.26. The van der Waals surface area contributed by atoms with Gasteiger partial charge in [-0.3, -0.25) is 9.89 Å². The third-order valence-corrected chi connectivity index (χ3v) is 4.12. The summed E-state index contributed by atoms with van der Waals surface area (Å²) in [4.78, 5) is 12.3. The van der Waals surface area contributed by atoms with Gasteiger partial charge in [-0.15, -0.1) is 0 Å². The minimum atomic E-state index is -0.334. The fraction of sp³-hybridized carbons (Fsp3) is 0.190. The topological polar surface area (TPSA) is 97.8 Å². The molecule has 0 aliphatic carbocycles. The highest BCUT2D eigenvalue weighted by Crippen LogP contribution is 2.32. The molecule has 1 amide bonds. The molecule has 0 aliphatic rings. The Bertz CT molecular complexity index is 1010. The number of carbonyl (C=O) groups is 1. The van der Waals surface area contributed by atoms with Crippen LogP contribution >= 0.6 is 0 Å². The Balaban J connectivity index is 1.74. The van der Waals surface area contributed by atoms with E-state index in [2.05, 4.69) is 20.7 Å². The van der Waals surface area contributed by atoms with Gasteiger partial charge in [0, 0.05) is 16.7 Å². The van der Waals surface area contributed by atoms with Crippen LogP contribution in [0.1, 0.15) is 22.8 Å². The fourth-order valence-electron chi connectivity index (χ4n) is 2.74. The number of nitrogens with zero attached hydrogens (tertiary/aromatic N) is 2. The Morgan fingerprint density at radius 3 is 2.76 bits per heavy atom. The van der Waals surface area contributed by atoms with Crippen LogP contribution in [0.2, 0.25) is 0 Å².